The standard InChI is InChI=1S/C32H30F3N9O2S/c33-16-11-14-4-2-10-43(13-16)30(14)46-32-41-25-21-28(42-32)44(12-15-3-1-9-38-27(15)36)19-7-8-20(19)45-29(21)39-23(22(25)35)17-5-6-18(34)26-24(17)40-31(37)47-26/h1,3,5-6,9,14,16,19-20,30H,2,4,7-8,10-13H2,(H2,36,38)(H2,37,40)/t14-,16-,19?,20?,30?/m1/s1. The average molecular weight is 662 g/mol. The molecule has 4 N–H and O–H groups in total. The van der Waals surface area contributed by atoms with Crippen molar-refractivity contribution in [3.8, 4) is 23.1 Å². The molecule has 1 aliphatic carbocycles. The van der Waals surface area contributed by atoms with Crippen LogP contribution in [-0.4, -0.2) is 67.5 Å². The molecule has 11 nitrogen and oxygen atoms in total. The molecule has 4 aromatic heterocycles. The summed E-state index contributed by atoms with van der Waals surface area (Å²) >= 11 is 0.977. The fraction of sp³-hybridized carbons (Fsp3) is 0.406. The average Bonchev–Trinajstić information content (AvgIpc) is 3.40. The van der Waals surface area contributed by atoms with Crippen LogP contribution >= 0.6 is 11.3 Å². The Bertz CT molecular complexity index is 2050. The van der Waals surface area contributed by atoms with E-state index >= 15 is 4.39 Å². The zero-order valence-electron chi connectivity index (χ0n) is 25.1. The molecule has 0 radical (unpaired) electrons. The van der Waals surface area contributed by atoms with Gasteiger partial charge in [-0.3, -0.25) is 4.90 Å². The van der Waals surface area contributed by atoms with Crippen LogP contribution in [0.3, 0.4) is 0 Å². The van der Waals surface area contributed by atoms with Crippen molar-refractivity contribution in [2.24, 2.45) is 5.92 Å². The minimum Gasteiger partial charge on any atom is -0.472 e. The Balaban J connectivity index is 1.26. The number of ether oxygens (including phenoxy) is 2. The Morgan fingerprint density at radius 1 is 1.04 bits per heavy atom. The number of pyridine rings is 2. The molecule has 3 fully saturated rings. The minimum absolute atomic E-state index is 0.0298. The smallest absolute Gasteiger partial charge is 0.320 e. The lowest BCUT2D eigenvalue weighted by molar-refractivity contribution is -0.0989. The van der Waals surface area contributed by atoms with Gasteiger partial charge in [0, 0.05) is 42.9 Å². The number of aromatic nitrogens is 5. The van der Waals surface area contributed by atoms with Crippen molar-refractivity contribution in [3.05, 3.63) is 47.7 Å². The second-order valence-electron chi connectivity index (χ2n) is 12.7. The molecule has 0 spiro atoms. The summed E-state index contributed by atoms with van der Waals surface area (Å²) in [5, 5.41) is 0.438. The molecule has 47 heavy (non-hydrogen) atoms. The first-order chi connectivity index (χ1) is 22.8. The molecule has 7 heterocycles. The lowest BCUT2D eigenvalue weighted by atomic mass is 9.86. The van der Waals surface area contributed by atoms with E-state index in [0.29, 0.717) is 36.5 Å². The van der Waals surface area contributed by atoms with Crippen LogP contribution in [0, 0.1) is 17.6 Å². The van der Waals surface area contributed by atoms with Gasteiger partial charge in [-0.05, 0) is 50.3 Å². The SMILES string of the molecule is Nc1nc2c(-c3nc4c5c(nc(OC6[C@@H]7CCCN6C[C@H](F)C7)nc5c3F)N(Cc3cccnc3N)C3CCC3O4)ccc(F)c2s1. The number of hydrogen-bond donors (Lipinski definition) is 2. The van der Waals surface area contributed by atoms with Crippen molar-refractivity contribution >= 4 is 49.2 Å². The van der Waals surface area contributed by atoms with Crippen molar-refractivity contribution < 1.29 is 22.6 Å². The summed E-state index contributed by atoms with van der Waals surface area (Å²) in [5.41, 5.74) is 13.3. The fourth-order valence-corrected chi connectivity index (χ4v) is 8.27. The highest BCUT2D eigenvalue weighted by atomic mass is 32.1. The van der Waals surface area contributed by atoms with E-state index in [0.717, 1.165) is 42.6 Å². The predicted molar refractivity (Wildman–Crippen MR) is 171 cm³/mol. The Morgan fingerprint density at radius 3 is 2.74 bits per heavy atom. The molecular formula is C32H30F3N9O2S. The number of piperidine rings is 2. The first-order valence-electron chi connectivity index (χ1n) is 15.8. The lowest BCUT2D eigenvalue weighted by Gasteiger charge is -2.45. The molecule has 6 atom stereocenters. The highest BCUT2D eigenvalue weighted by molar-refractivity contribution is 7.22. The molecule has 4 unspecified atom stereocenters. The van der Waals surface area contributed by atoms with E-state index in [1.807, 2.05) is 21.9 Å². The summed E-state index contributed by atoms with van der Waals surface area (Å²) in [6.07, 6.45) is 3.67. The van der Waals surface area contributed by atoms with E-state index in [1.54, 1.807) is 6.20 Å². The van der Waals surface area contributed by atoms with Crippen molar-refractivity contribution in [1.82, 2.24) is 29.8 Å². The first-order valence-corrected chi connectivity index (χ1v) is 16.6. The van der Waals surface area contributed by atoms with Crippen molar-refractivity contribution in [2.75, 3.05) is 29.5 Å². The van der Waals surface area contributed by atoms with Gasteiger partial charge in [0.15, 0.2) is 17.2 Å². The van der Waals surface area contributed by atoms with Crippen LogP contribution in [0.4, 0.5) is 29.9 Å². The van der Waals surface area contributed by atoms with E-state index in [4.69, 9.17) is 30.9 Å². The molecule has 2 bridgehead atoms. The third-order valence-corrected chi connectivity index (χ3v) is 10.8. The second-order valence-corrected chi connectivity index (χ2v) is 13.7. The van der Waals surface area contributed by atoms with Gasteiger partial charge in [-0.2, -0.15) is 9.97 Å². The Morgan fingerprint density at radius 2 is 1.94 bits per heavy atom. The number of nitrogen functional groups attached to an aromatic ring is 2. The maximum absolute atomic E-state index is 17.0. The summed E-state index contributed by atoms with van der Waals surface area (Å²) in [6, 6.07) is 6.23. The van der Waals surface area contributed by atoms with Gasteiger partial charge in [-0.25, -0.2) is 28.1 Å². The fourth-order valence-electron chi connectivity index (χ4n) is 7.51. The molecule has 4 aliphatic rings. The van der Waals surface area contributed by atoms with Crippen molar-refractivity contribution in [2.45, 2.75) is 63.2 Å². The molecule has 1 aromatic carbocycles. The molecular weight excluding hydrogens is 631 g/mol. The molecule has 15 heteroatoms. The van der Waals surface area contributed by atoms with E-state index in [-0.39, 0.29) is 68.6 Å². The molecule has 5 aromatic rings. The highest BCUT2D eigenvalue weighted by Crippen LogP contribution is 2.47. The summed E-state index contributed by atoms with van der Waals surface area (Å²) in [4.78, 5) is 26.9. The van der Waals surface area contributed by atoms with Crippen LogP contribution in [0.15, 0.2) is 30.5 Å². The number of nitrogens with zero attached hydrogens (tertiary/aromatic N) is 7. The summed E-state index contributed by atoms with van der Waals surface area (Å²) in [6.45, 7) is 1.28. The van der Waals surface area contributed by atoms with Crippen LogP contribution in [0.25, 0.3) is 32.4 Å². The molecule has 3 aliphatic heterocycles. The predicted octanol–water partition coefficient (Wildman–Crippen LogP) is 5.23. The van der Waals surface area contributed by atoms with E-state index in [9.17, 15) is 8.78 Å². The molecule has 242 valence electrons. The van der Waals surface area contributed by atoms with Gasteiger partial charge >= 0.3 is 6.01 Å². The number of nitrogens with two attached hydrogens (primary N) is 2. The Labute approximate surface area is 270 Å². The lowest BCUT2D eigenvalue weighted by Crippen LogP contribution is -2.55. The van der Waals surface area contributed by atoms with E-state index in [2.05, 4.69) is 15.0 Å². The topological polar surface area (TPSA) is 141 Å². The van der Waals surface area contributed by atoms with Gasteiger partial charge in [-0.15, -0.1) is 0 Å². The van der Waals surface area contributed by atoms with Crippen LogP contribution in [-0.2, 0) is 6.54 Å². The van der Waals surface area contributed by atoms with Crippen LogP contribution in [0.1, 0.15) is 37.7 Å². The number of anilines is 3. The molecule has 9 rings (SSSR count). The van der Waals surface area contributed by atoms with Gasteiger partial charge in [0.2, 0.25) is 5.88 Å². The van der Waals surface area contributed by atoms with Gasteiger partial charge < -0.3 is 25.8 Å². The van der Waals surface area contributed by atoms with Crippen molar-refractivity contribution in [1.29, 1.82) is 0 Å². The van der Waals surface area contributed by atoms with Crippen molar-refractivity contribution in [3.63, 3.8) is 0 Å². The molecule has 2 saturated heterocycles. The summed E-state index contributed by atoms with van der Waals surface area (Å²) < 4.78 is 59.5. The normalized spacial score (nSPS) is 26.4. The second kappa shape index (κ2) is 10.8. The van der Waals surface area contributed by atoms with Crippen LogP contribution < -0.4 is 25.8 Å². The number of halogens is 3. The third kappa shape index (κ3) is 4.61. The summed E-state index contributed by atoms with van der Waals surface area (Å²) in [7, 11) is 0. The monoisotopic (exact) mass is 661 g/mol. The maximum atomic E-state index is 17.0. The molecule has 1 saturated carbocycles. The summed E-state index contributed by atoms with van der Waals surface area (Å²) in [5.74, 6) is -0.388. The minimum atomic E-state index is -0.934. The highest BCUT2D eigenvalue weighted by Gasteiger charge is 2.45. The largest absolute Gasteiger partial charge is 0.472 e. The van der Waals surface area contributed by atoms with Crippen LogP contribution in [0.5, 0.6) is 11.9 Å². The third-order valence-electron chi connectivity index (χ3n) is 9.86. The Kier molecular flexibility index (Phi) is 6.58. The zero-order valence-corrected chi connectivity index (χ0v) is 25.9. The number of fused-ring (bicyclic) bond motifs is 4. The van der Waals surface area contributed by atoms with Gasteiger partial charge in [0.1, 0.15) is 46.3 Å². The van der Waals surface area contributed by atoms with Gasteiger partial charge in [0.05, 0.1) is 16.3 Å². The number of hydrogen-bond acceptors (Lipinski definition) is 12. The quantitative estimate of drug-likeness (QED) is 0.256. The maximum Gasteiger partial charge on any atom is 0.320 e. The first kappa shape index (κ1) is 28.7. The van der Waals surface area contributed by atoms with Gasteiger partial charge in [0.25, 0.3) is 0 Å². The number of alkyl halides is 1. The Hall–Kier alpha value is -4.50. The molecule has 0 amide bonds. The number of rotatable bonds is 5. The van der Waals surface area contributed by atoms with Gasteiger partial charge in [-0.1, -0.05) is 17.4 Å². The number of benzene rings is 1. The van der Waals surface area contributed by atoms with E-state index < -0.39 is 24.0 Å². The number of thiazole rings is 1. The zero-order chi connectivity index (χ0) is 32.0. The van der Waals surface area contributed by atoms with Crippen LogP contribution in [0.2, 0.25) is 0 Å². The van der Waals surface area contributed by atoms with E-state index in [1.165, 1.54) is 12.1 Å².